The lowest BCUT2D eigenvalue weighted by atomic mass is 10.4. The third-order valence-corrected chi connectivity index (χ3v) is 1.99. The van der Waals surface area contributed by atoms with Gasteiger partial charge >= 0.3 is 0 Å². The van der Waals surface area contributed by atoms with Crippen molar-refractivity contribution in [3.05, 3.63) is 0 Å². The van der Waals surface area contributed by atoms with Gasteiger partial charge in [-0.15, -0.1) is 11.8 Å². The average Bonchev–Trinajstić information content (AvgIpc) is 1.94. The number of thioether (sulfide) groups is 1. The molecule has 2 amide bonds. The topological polar surface area (TPSA) is 58.2 Å². The highest BCUT2D eigenvalue weighted by Crippen LogP contribution is 2.04. The molecule has 4 nitrogen and oxygen atoms in total. The van der Waals surface area contributed by atoms with Crippen molar-refractivity contribution in [2.45, 2.75) is 5.37 Å². The van der Waals surface area contributed by atoms with Gasteiger partial charge in [-0.3, -0.25) is 9.59 Å². The van der Waals surface area contributed by atoms with Crippen molar-refractivity contribution in [3.8, 4) is 0 Å². The zero-order chi connectivity index (χ0) is 7.56. The summed E-state index contributed by atoms with van der Waals surface area (Å²) in [5.41, 5.74) is 0. The lowest BCUT2D eigenvalue weighted by molar-refractivity contribution is -0.131. The highest BCUT2D eigenvalue weighted by molar-refractivity contribution is 7.99. The summed E-state index contributed by atoms with van der Waals surface area (Å²) in [6, 6.07) is 0. The zero-order valence-corrected chi connectivity index (χ0v) is 6.33. The van der Waals surface area contributed by atoms with Crippen LogP contribution in [-0.4, -0.2) is 30.0 Å². The van der Waals surface area contributed by atoms with Crippen molar-refractivity contribution in [1.29, 1.82) is 0 Å². The molecule has 1 atom stereocenters. The van der Waals surface area contributed by atoms with Crippen LogP contribution >= 0.6 is 11.8 Å². The van der Waals surface area contributed by atoms with E-state index in [0.29, 0.717) is 0 Å². The maximum Gasteiger partial charge on any atom is 0.253 e. The van der Waals surface area contributed by atoms with Gasteiger partial charge in [-0.25, -0.2) is 0 Å². The fraction of sp³-hybridized carbons (Fsp3) is 0.600. The Kier molecular flexibility index (Phi) is 2.16. The Labute approximate surface area is 62.7 Å². The largest absolute Gasteiger partial charge is 0.344 e. The van der Waals surface area contributed by atoms with Crippen LogP contribution in [0.15, 0.2) is 0 Å². The summed E-state index contributed by atoms with van der Waals surface area (Å²) in [6.45, 7) is 0.107. The summed E-state index contributed by atoms with van der Waals surface area (Å²) < 4.78 is 0. The molecule has 0 bridgehead atoms. The van der Waals surface area contributed by atoms with Gasteiger partial charge in [-0.2, -0.15) is 0 Å². The van der Waals surface area contributed by atoms with E-state index in [1.54, 1.807) is 6.26 Å². The lowest BCUT2D eigenvalue weighted by Crippen LogP contribution is -2.54. The minimum absolute atomic E-state index is 0.107. The number of amides is 2. The first-order valence-corrected chi connectivity index (χ1v) is 4.12. The van der Waals surface area contributed by atoms with Gasteiger partial charge in [0.15, 0.2) is 5.37 Å². The van der Waals surface area contributed by atoms with Crippen molar-refractivity contribution in [2.75, 3.05) is 12.8 Å². The molecule has 0 aromatic heterocycles. The first kappa shape index (κ1) is 7.40. The number of hydrogen-bond donors (Lipinski definition) is 2. The minimum Gasteiger partial charge on any atom is -0.344 e. The van der Waals surface area contributed by atoms with Gasteiger partial charge in [0.25, 0.3) is 5.91 Å². The minimum atomic E-state index is -0.402. The van der Waals surface area contributed by atoms with Crippen molar-refractivity contribution >= 4 is 23.6 Å². The molecule has 56 valence electrons. The van der Waals surface area contributed by atoms with Crippen LogP contribution in [0.3, 0.4) is 0 Å². The van der Waals surface area contributed by atoms with E-state index in [0.717, 1.165) is 0 Å². The molecule has 0 aromatic carbocycles. The Bertz CT molecular complexity index is 171. The van der Waals surface area contributed by atoms with Gasteiger partial charge in [0.05, 0.1) is 6.54 Å². The molecule has 0 aromatic rings. The quantitative estimate of drug-likeness (QED) is 0.513. The normalized spacial score (nSPS) is 25.5. The van der Waals surface area contributed by atoms with Crippen LogP contribution in [0.2, 0.25) is 0 Å². The molecule has 0 saturated carbocycles. The molecular weight excluding hydrogens is 152 g/mol. The summed E-state index contributed by atoms with van der Waals surface area (Å²) in [7, 11) is 0. The predicted octanol–water partition coefficient (Wildman–Crippen LogP) is -1.08. The molecule has 0 radical (unpaired) electrons. The van der Waals surface area contributed by atoms with Gasteiger partial charge in [0.2, 0.25) is 5.91 Å². The number of carbonyl (C=O) groups is 2. The van der Waals surface area contributed by atoms with E-state index < -0.39 is 5.37 Å². The molecule has 1 saturated heterocycles. The van der Waals surface area contributed by atoms with E-state index in [2.05, 4.69) is 10.6 Å². The summed E-state index contributed by atoms with van der Waals surface area (Å²) in [6.07, 6.45) is 1.77. The van der Waals surface area contributed by atoms with Crippen LogP contribution in [0.5, 0.6) is 0 Å². The van der Waals surface area contributed by atoms with Gasteiger partial charge in [0, 0.05) is 0 Å². The van der Waals surface area contributed by atoms with Gasteiger partial charge in [-0.1, -0.05) is 0 Å². The monoisotopic (exact) mass is 160 g/mol. The Morgan fingerprint density at radius 2 is 2.30 bits per heavy atom. The Morgan fingerprint density at radius 3 is 2.80 bits per heavy atom. The molecule has 1 unspecified atom stereocenters. The molecule has 2 N–H and O–H groups in total. The standard InChI is InChI=1S/C5H8N2O2S/c1-10-5-4(9)6-2-3(8)7-5/h5H,2H2,1H3,(H,6,9)(H,7,8). The van der Waals surface area contributed by atoms with Crippen LogP contribution in [0.1, 0.15) is 0 Å². The van der Waals surface area contributed by atoms with E-state index in [1.165, 1.54) is 11.8 Å². The third-order valence-electron chi connectivity index (χ3n) is 1.19. The second-order valence-corrected chi connectivity index (χ2v) is 2.84. The highest BCUT2D eigenvalue weighted by atomic mass is 32.2. The number of rotatable bonds is 1. The fourth-order valence-electron chi connectivity index (χ4n) is 0.689. The second-order valence-electron chi connectivity index (χ2n) is 1.90. The molecule has 0 aliphatic carbocycles. The number of nitrogens with one attached hydrogen (secondary N) is 2. The van der Waals surface area contributed by atoms with Gasteiger partial charge < -0.3 is 10.6 Å². The first-order chi connectivity index (χ1) is 4.74. The number of carbonyl (C=O) groups excluding carboxylic acids is 2. The third kappa shape index (κ3) is 1.41. The fourth-order valence-corrected chi connectivity index (χ4v) is 1.24. The summed E-state index contributed by atoms with van der Waals surface area (Å²) in [5, 5.41) is 4.59. The molecule has 1 rings (SSSR count). The summed E-state index contributed by atoms with van der Waals surface area (Å²) in [4.78, 5) is 21.5. The van der Waals surface area contributed by atoms with Gasteiger partial charge in [-0.05, 0) is 6.26 Å². The molecule has 1 aliphatic rings. The van der Waals surface area contributed by atoms with Gasteiger partial charge in [0.1, 0.15) is 0 Å². The molecule has 5 heteroatoms. The number of hydrogen-bond acceptors (Lipinski definition) is 3. The van der Waals surface area contributed by atoms with Crippen molar-refractivity contribution in [1.82, 2.24) is 10.6 Å². The average molecular weight is 160 g/mol. The van der Waals surface area contributed by atoms with E-state index in [1.807, 2.05) is 0 Å². The molecule has 10 heavy (non-hydrogen) atoms. The summed E-state index contributed by atoms with van der Waals surface area (Å²) >= 11 is 1.31. The Balaban J connectivity index is 2.53. The Morgan fingerprint density at radius 1 is 1.60 bits per heavy atom. The second kappa shape index (κ2) is 2.92. The molecule has 1 fully saturated rings. The number of piperazine rings is 1. The predicted molar refractivity (Wildman–Crippen MR) is 38.5 cm³/mol. The van der Waals surface area contributed by atoms with Crippen LogP contribution in [-0.2, 0) is 9.59 Å². The van der Waals surface area contributed by atoms with Crippen LogP contribution in [0.4, 0.5) is 0 Å². The smallest absolute Gasteiger partial charge is 0.253 e. The molecular formula is C5H8N2O2S. The zero-order valence-electron chi connectivity index (χ0n) is 5.51. The van der Waals surface area contributed by atoms with Crippen LogP contribution < -0.4 is 10.6 Å². The van der Waals surface area contributed by atoms with Crippen molar-refractivity contribution in [3.63, 3.8) is 0 Å². The van der Waals surface area contributed by atoms with Crippen molar-refractivity contribution in [2.24, 2.45) is 0 Å². The highest BCUT2D eigenvalue weighted by Gasteiger charge is 2.24. The first-order valence-electron chi connectivity index (χ1n) is 2.84. The molecule has 1 heterocycles. The molecule has 0 spiro atoms. The SMILES string of the molecule is CSC1NC(=O)CNC1=O. The lowest BCUT2D eigenvalue weighted by Gasteiger charge is -2.20. The maximum atomic E-state index is 10.8. The van der Waals surface area contributed by atoms with E-state index in [4.69, 9.17) is 0 Å². The molecule has 1 aliphatic heterocycles. The van der Waals surface area contributed by atoms with E-state index in [9.17, 15) is 9.59 Å². The summed E-state index contributed by atoms with van der Waals surface area (Å²) in [5.74, 6) is -0.244. The van der Waals surface area contributed by atoms with Crippen LogP contribution in [0.25, 0.3) is 0 Å². The van der Waals surface area contributed by atoms with Crippen LogP contribution in [0, 0.1) is 0 Å². The van der Waals surface area contributed by atoms with Crippen molar-refractivity contribution < 1.29 is 9.59 Å². The Hall–Kier alpha value is -0.710. The van der Waals surface area contributed by atoms with E-state index in [-0.39, 0.29) is 18.4 Å². The maximum absolute atomic E-state index is 10.8. The van der Waals surface area contributed by atoms with E-state index >= 15 is 0 Å².